The Balaban J connectivity index is 3.05. The molecule has 0 aliphatic carbocycles. The fourth-order valence-electron chi connectivity index (χ4n) is 1.10. The van der Waals surface area contributed by atoms with E-state index in [2.05, 4.69) is 33.1 Å². The highest BCUT2D eigenvalue weighted by Crippen LogP contribution is 2.26. The summed E-state index contributed by atoms with van der Waals surface area (Å²) >= 11 is 1.86. The summed E-state index contributed by atoms with van der Waals surface area (Å²) in [4.78, 5) is 1.46. The number of aryl methyl sites for hydroxylation is 1. The fourth-order valence-corrected chi connectivity index (χ4v) is 2.15. The highest BCUT2D eigenvalue weighted by atomic mass is 32.1. The summed E-state index contributed by atoms with van der Waals surface area (Å²) in [6.45, 7) is 8.88. The van der Waals surface area contributed by atoms with E-state index in [0.717, 1.165) is 0 Å². The van der Waals surface area contributed by atoms with Crippen molar-refractivity contribution in [3.63, 3.8) is 0 Å². The normalized spacial score (nSPS) is 10.9. The van der Waals surface area contributed by atoms with E-state index in [4.69, 9.17) is 0 Å². The van der Waals surface area contributed by atoms with Gasteiger partial charge in [-0.2, -0.15) is 0 Å². The molecule has 1 aromatic rings. The van der Waals surface area contributed by atoms with E-state index >= 15 is 0 Å². The molecule has 0 aliphatic heterocycles. The summed E-state index contributed by atoms with van der Waals surface area (Å²) in [5.74, 6) is 0.685. The largest absolute Gasteiger partial charge is 0.149 e. The number of rotatable bonds is 1. The van der Waals surface area contributed by atoms with Crippen molar-refractivity contribution < 1.29 is 0 Å². The van der Waals surface area contributed by atoms with E-state index in [0.29, 0.717) is 5.92 Å². The van der Waals surface area contributed by atoms with Gasteiger partial charge in [-0.25, -0.2) is 0 Å². The molecular weight excluding hydrogens is 140 g/mol. The third kappa shape index (κ3) is 1.24. The molecule has 0 aromatic carbocycles. The Kier molecular flexibility index (Phi) is 2.14. The van der Waals surface area contributed by atoms with Crippen LogP contribution in [0.1, 0.15) is 35.8 Å². The Morgan fingerprint density at radius 3 is 2.10 bits per heavy atom. The average molecular weight is 154 g/mol. The van der Waals surface area contributed by atoms with Crippen LogP contribution in [0.2, 0.25) is 0 Å². The van der Waals surface area contributed by atoms with Crippen LogP contribution in [0.3, 0.4) is 0 Å². The van der Waals surface area contributed by atoms with Crippen molar-refractivity contribution in [2.45, 2.75) is 33.6 Å². The van der Waals surface area contributed by atoms with Crippen LogP contribution in [0.25, 0.3) is 0 Å². The van der Waals surface area contributed by atoms with Crippen molar-refractivity contribution in [2.75, 3.05) is 0 Å². The second-order valence-electron chi connectivity index (χ2n) is 3.03. The van der Waals surface area contributed by atoms with Gasteiger partial charge in [0.2, 0.25) is 0 Å². The Labute approximate surface area is 66.9 Å². The number of hydrogen-bond donors (Lipinski definition) is 0. The molecular formula is C9H14S. The number of hydrogen-bond acceptors (Lipinski definition) is 1. The third-order valence-electron chi connectivity index (χ3n) is 1.95. The minimum absolute atomic E-state index is 0.685. The van der Waals surface area contributed by atoms with Gasteiger partial charge in [0.15, 0.2) is 0 Å². The van der Waals surface area contributed by atoms with Gasteiger partial charge in [0, 0.05) is 4.88 Å². The molecule has 0 unspecified atom stereocenters. The summed E-state index contributed by atoms with van der Waals surface area (Å²) < 4.78 is 0. The molecule has 0 atom stereocenters. The first-order valence-corrected chi connectivity index (χ1v) is 4.55. The molecule has 10 heavy (non-hydrogen) atoms. The summed E-state index contributed by atoms with van der Waals surface area (Å²) in [5, 5.41) is 2.27. The topological polar surface area (TPSA) is 0 Å². The molecule has 0 spiro atoms. The standard InChI is InChI=1S/C9H14S/c1-6(2)9-5-10-8(4)7(9)3/h5-6H,1-4H3. The van der Waals surface area contributed by atoms with Crippen molar-refractivity contribution in [3.05, 3.63) is 21.4 Å². The zero-order valence-electron chi connectivity index (χ0n) is 7.06. The zero-order chi connectivity index (χ0) is 7.72. The fraction of sp³-hybridized carbons (Fsp3) is 0.556. The van der Waals surface area contributed by atoms with Crippen molar-refractivity contribution in [1.82, 2.24) is 0 Å². The van der Waals surface area contributed by atoms with Gasteiger partial charge in [-0.05, 0) is 36.3 Å². The molecule has 0 nitrogen and oxygen atoms in total. The lowest BCUT2D eigenvalue weighted by Gasteiger charge is -2.02. The highest BCUT2D eigenvalue weighted by Gasteiger charge is 2.05. The van der Waals surface area contributed by atoms with Crippen LogP contribution in [0, 0.1) is 13.8 Å². The van der Waals surface area contributed by atoms with Crippen molar-refractivity contribution in [3.8, 4) is 0 Å². The second kappa shape index (κ2) is 2.75. The molecule has 0 saturated carbocycles. The van der Waals surface area contributed by atoms with Crippen molar-refractivity contribution in [1.29, 1.82) is 0 Å². The molecule has 0 bridgehead atoms. The smallest absolute Gasteiger partial charge is 0.00463 e. The summed E-state index contributed by atoms with van der Waals surface area (Å²) in [5.41, 5.74) is 3.00. The molecule has 1 heteroatoms. The SMILES string of the molecule is Cc1scc(C(C)C)c1C. The van der Waals surface area contributed by atoms with Crippen LogP contribution in [0.4, 0.5) is 0 Å². The van der Waals surface area contributed by atoms with Gasteiger partial charge in [-0.15, -0.1) is 11.3 Å². The minimum atomic E-state index is 0.685. The zero-order valence-corrected chi connectivity index (χ0v) is 7.88. The van der Waals surface area contributed by atoms with Gasteiger partial charge in [-0.1, -0.05) is 13.8 Å². The number of thiophene rings is 1. The Morgan fingerprint density at radius 2 is 1.90 bits per heavy atom. The Hall–Kier alpha value is -0.300. The molecule has 0 N–H and O–H groups in total. The highest BCUT2D eigenvalue weighted by molar-refractivity contribution is 7.10. The molecule has 1 aromatic heterocycles. The second-order valence-corrected chi connectivity index (χ2v) is 4.11. The lowest BCUT2D eigenvalue weighted by Crippen LogP contribution is -1.86. The molecule has 0 fully saturated rings. The van der Waals surface area contributed by atoms with E-state index in [1.165, 1.54) is 16.0 Å². The molecule has 0 aliphatic rings. The van der Waals surface area contributed by atoms with Crippen molar-refractivity contribution >= 4 is 11.3 Å². The summed E-state index contributed by atoms with van der Waals surface area (Å²) in [6, 6.07) is 0. The van der Waals surface area contributed by atoms with E-state index in [-0.39, 0.29) is 0 Å². The summed E-state index contributed by atoms with van der Waals surface area (Å²) in [6.07, 6.45) is 0. The third-order valence-corrected chi connectivity index (χ3v) is 2.98. The van der Waals surface area contributed by atoms with Crippen LogP contribution < -0.4 is 0 Å². The molecule has 0 radical (unpaired) electrons. The van der Waals surface area contributed by atoms with Crippen LogP contribution >= 0.6 is 11.3 Å². The predicted octanol–water partition coefficient (Wildman–Crippen LogP) is 3.49. The van der Waals surface area contributed by atoms with Crippen molar-refractivity contribution in [2.24, 2.45) is 0 Å². The van der Waals surface area contributed by atoms with Gasteiger partial charge in [0.25, 0.3) is 0 Å². The molecule has 1 rings (SSSR count). The van der Waals surface area contributed by atoms with Crippen LogP contribution in [-0.4, -0.2) is 0 Å². The molecule has 0 amide bonds. The van der Waals surface area contributed by atoms with Gasteiger partial charge in [0.05, 0.1) is 0 Å². The van der Waals surface area contributed by atoms with Gasteiger partial charge in [-0.3, -0.25) is 0 Å². The lowest BCUT2D eigenvalue weighted by atomic mass is 10.0. The van der Waals surface area contributed by atoms with E-state index in [9.17, 15) is 0 Å². The van der Waals surface area contributed by atoms with E-state index in [1.54, 1.807) is 0 Å². The predicted molar refractivity (Wildman–Crippen MR) is 47.9 cm³/mol. The Morgan fingerprint density at radius 1 is 1.30 bits per heavy atom. The maximum Gasteiger partial charge on any atom is 0.00463 e. The maximum atomic E-state index is 2.27. The van der Waals surface area contributed by atoms with Gasteiger partial charge < -0.3 is 0 Å². The molecule has 0 saturated heterocycles. The van der Waals surface area contributed by atoms with E-state index < -0.39 is 0 Å². The van der Waals surface area contributed by atoms with Crippen LogP contribution in [-0.2, 0) is 0 Å². The molecule has 1 heterocycles. The van der Waals surface area contributed by atoms with Crippen LogP contribution in [0.15, 0.2) is 5.38 Å². The first-order valence-electron chi connectivity index (χ1n) is 3.67. The average Bonchev–Trinajstić information content (AvgIpc) is 2.14. The Bertz CT molecular complexity index is 221. The van der Waals surface area contributed by atoms with Gasteiger partial charge >= 0.3 is 0 Å². The maximum absolute atomic E-state index is 2.27. The first-order chi connectivity index (χ1) is 4.63. The lowest BCUT2D eigenvalue weighted by molar-refractivity contribution is 0.862. The summed E-state index contributed by atoms with van der Waals surface area (Å²) in [7, 11) is 0. The van der Waals surface area contributed by atoms with Gasteiger partial charge in [0.1, 0.15) is 0 Å². The molecule has 56 valence electrons. The quantitative estimate of drug-likeness (QED) is 0.581. The van der Waals surface area contributed by atoms with Crippen LogP contribution in [0.5, 0.6) is 0 Å². The monoisotopic (exact) mass is 154 g/mol. The minimum Gasteiger partial charge on any atom is -0.149 e. The first kappa shape index (κ1) is 7.80. The van der Waals surface area contributed by atoms with E-state index in [1.807, 2.05) is 11.3 Å².